The van der Waals surface area contributed by atoms with Crippen molar-refractivity contribution in [1.29, 1.82) is 0 Å². The quantitative estimate of drug-likeness (QED) is 0.770. The van der Waals surface area contributed by atoms with Crippen LogP contribution in [0.2, 0.25) is 0 Å². The van der Waals surface area contributed by atoms with Gasteiger partial charge >= 0.3 is 6.09 Å². The Balaban J connectivity index is 1.76. The van der Waals surface area contributed by atoms with Gasteiger partial charge in [0.2, 0.25) is 0 Å². The number of benzene rings is 1. The Morgan fingerprint density at radius 3 is 2.68 bits per heavy atom. The lowest BCUT2D eigenvalue weighted by atomic mass is 10.2. The molecular weight excluding hydrogens is 248 g/mol. The molecule has 0 unspecified atom stereocenters. The van der Waals surface area contributed by atoms with Gasteiger partial charge in [-0.2, -0.15) is 10.1 Å². The Hall–Kier alpha value is -2.24. The minimum Gasteiger partial charge on any atom is -0.484 e. The lowest BCUT2D eigenvalue weighted by Gasteiger charge is -2.08. The monoisotopic (exact) mass is 262 g/mol. The van der Waals surface area contributed by atoms with Crippen LogP contribution in [0.1, 0.15) is 5.56 Å². The number of fused-ring (bicyclic) bond motifs is 1. The summed E-state index contributed by atoms with van der Waals surface area (Å²) in [5, 5.41) is 5.50. The molecule has 1 fully saturated rings. The smallest absolute Gasteiger partial charge is 0.430 e. The van der Waals surface area contributed by atoms with E-state index in [1.807, 2.05) is 25.1 Å². The number of rotatable bonds is 1. The number of nitrogens with zero attached hydrogens (tertiary/aromatic N) is 2. The highest BCUT2D eigenvalue weighted by Crippen LogP contribution is 2.29. The largest absolute Gasteiger partial charge is 0.484 e. The Morgan fingerprint density at radius 1 is 1.16 bits per heavy atom. The minimum atomic E-state index is -0.426. The fraction of sp³-hybridized carbons (Fsp3) is 0.385. The first-order chi connectivity index (χ1) is 9.22. The molecule has 0 N–H and O–H groups in total. The molecule has 0 aliphatic carbocycles. The highest BCUT2D eigenvalue weighted by atomic mass is 16.6. The van der Waals surface area contributed by atoms with Crippen molar-refractivity contribution in [3.63, 3.8) is 0 Å². The molecule has 1 aromatic rings. The summed E-state index contributed by atoms with van der Waals surface area (Å²) in [6.07, 6.45) is -0.426. The number of ether oxygens (including phenoxy) is 3. The molecular formula is C13H14N2O4. The lowest BCUT2D eigenvalue weighted by molar-refractivity contribution is 0.159. The molecule has 0 atom stereocenters. The second kappa shape index (κ2) is 4.79. The van der Waals surface area contributed by atoms with Crippen molar-refractivity contribution in [3.05, 3.63) is 23.8 Å². The van der Waals surface area contributed by atoms with Gasteiger partial charge < -0.3 is 14.2 Å². The first-order valence-electron chi connectivity index (χ1n) is 6.09. The van der Waals surface area contributed by atoms with Crippen LogP contribution in [-0.2, 0) is 4.74 Å². The third kappa shape index (κ3) is 2.47. The van der Waals surface area contributed by atoms with Crippen LogP contribution in [0.5, 0.6) is 11.5 Å². The molecule has 0 saturated carbocycles. The SMILES string of the molecule is Cc1ccc2c(c1)OC/C(=N/N1CCOC1=O)CO2. The number of cyclic esters (lactones) is 1. The lowest BCUT2D eigenvalue weighted by Crippen LogP contribution is -2.25. The Kier molecular flexibility index (Phi) is 2.98. The maximum Gasteiger partial charge on any atom is 0.430 e. The van der Waals surface area contributed by atoms with E-state index in [1.165, 1.54) is 5.01 Å². The van der Waals surface area contributed by atoms with E-state index >= 15 is 0 Å². The second-order valence-corrected chi connectivity index (χ2v) is 4.43. The van der Waals surface area contributed by atoms with E-state index in [4.69, 9.17) is 14.2 Å². The van der Waals surface area contributed by atoms with E-state index in [1.54, 1.807) is 0 Å². The molecule has 2 heterocycles. The molecule has 2 aliphatic rings. The van der Waals surface area contributed by atoms with Gasteiger partial charge in [0, 0.05) is 0 Å². The van der Waals surface area contributed by atoms with Gasteiger partial charge in [0.1, 0.15) is 25.5 Å². The molecule has 1 saturated heterocycles. The van der Waals surface area contributed by atoms with Gasteiger partial charge in [-0.15, -0.1) is 0 Å². The maximum absolute atomic E-state index is 11.3. The molecule has 100 valence electrons. The van der Waals surface area contributed by atoms with Gasteiger partial charge in [0.05, 0.1) is 6.54 Å². The van der Waals surface area contributed by atoms with Crippen molar-refractivity contribution in [1.82, 2.24) is 5.01 Å². The van der Waals surface area contributed by atoms with Gasteiger partial charge in [0.25, 0.3) is 0 Å². The van der Waals surface area contributed by atoms with Crippen LogP contribution in [0.4, 0.5) is 4.79 Å². The van der Waals surface area contributed by atoms with Gasteiger partial charge in [-0.25, -0.2) is 4.79 Å². The van der Waals surface area contributed by atoms with Crippen molar-refractivity contribution in [2.75, 3.05) is 26.4 Å². The van der Waals surface area contributed by atoms with Crippen molar-refractivity contribution >= 4 is 11.8 Å². The minimum absolute atomic E-state index is 0.305. The first-order valence-corrected chi connectivity index (χ1v) is 6.09. The van der Waals surface area contributed by atoms with Crippen molar-refractivity contribution < 1.29 is 19.0 Å². The third-order valence-corrected chi connectivity index (χ3v) is 2.89. The van der Waals surface area contributed by atoms with E-state index in [9.17, 15) is 4.79 Å². The average Bonchev–Trinajstić information content (AvgIpc) is 2.69. The highest BCUT2D eigenvalue weighted by Gasteiger charge is 2.23. The van der Waals surface area contributed by atoms with E-state index in [0.29, 0.717) is 43.6 Å². The third-order valence-electron chi connectivity index (χ3n) is 2.89. The zero-order chi connectivity index (χ0) is 13.2. The highest BCUT2D eigenvalue weighted by molar-refractivity contribution is 5.89. The number of carbonyl (C=O) groups is 1. The Morgan fingerprint density at radius 2 is 1.95 bits per heavy atom. The Bertz CT molecular complexity index is 541. The van der Waals surface area contributed by atoms with E-state index in [2.05, 4.69) is 5.10 Å². The second-order valence-electron chi connectivity index (χ2n) is 4.43. The molecule has 2 aliphatic heterocycles. The van der Waals surface area contributed by atoms with E-state index in [0.717, 1.165) is 5.56 Å². The molecule has 6 heteroatoms. The zero-order valence-electron chi connectivity index (χ0n) is 10.6. The van der Waals surface area contributed by atoms with E-state index < -0.39 is 6.09 Å². The molecule has 0 spiro atoms. The summed E-state index contributed by atoms with van der Waals surface area (Å²) in [6.45, 7) is 3.44. The van der Waals surface area contributed by atoms with Crippen LogP contribution in [0.25, 0.3) is 0 Å². The summed E-state index contributed by atoms with van der Waals surface area (Å²) >= 11 is 0. The van der Waals surface area contributed by atoms with Crippen LogP contribution in [0.3, 0.4) is 0 Å². The molecule has 0 aromatic heterocycles. The summed E-state index contributed by atoms with van der Waals surface area (Å²) in [6, 6.07) is 5.75. The molecule has 0 bridgehead atoms. The number of carbonyl (C=O) groups excluding carboxylic acids is 1. The standard InChI is InChI=1S/C13H14N2O4/c1-9-2-3-11-12(6-9)19-8-10(7-18-11)14-15-4-5-17-13(15)16/h2-3,6H,4-5,7-8H2,1H3/b14-10+. The number of hydrogen-bond donors (Lipinski definition) is 0. The molecule has 1 aromatic carbocycles. The molecule has 19 heavy (non-hydrogen) atoms. The molecule has 6 nitrogen and oxygen atoms in total. The van der Waals surface area contributed by atoms with Crippen LogP contribution in [-0.4, -0.2) is 43.2 Å². The predicted molar refractivity (Wildman–Crippen MR) is 67.7 cm³/mol. The topological polar surface area (TPSA) is 60.4 Å². The predicted octanol–water partition coefficient (Wildman–Crippen LogP) is 1.57. The first kappa shape index (κ1) is 11.8. The summed E-state index contributed by atoms with van der Waals surface area (Å²) in [7, 11) is 0. The van der Waals surface area contributed by atoms with Crippen molar-refractivity contribution in [3.8, 4) is 11.5 Å². The normalized spacial score (nSPS) is 20.4. The van der Waals surface area contributed by atoms with Gasteiger partial charge in [-0.1, -0.05) is 6.07 Å². The summed E-state index contributed by atoms with van der Waals surface area (Å²) in [5.41, 5.74) is 1.76. The fourth-order valence-electron chi connectivity index (χ4n) is 1.92. The number of amides is 1. The zero-order valence-corrected chi connectivity index (χ0v) is 10.6. The van der Waals surface area contributed by atoms with Crippen molar-refractivity contribution in [2.24, 2.45) is 5.10 Å². The van der Waals surface area contributed by atoms with E-state index in [-0.39, 0.29) is 0 Å². The summed E-state index contributed by atoms with van der Waals surface area (Å²) in [4.78, 5) is 11.3. The molecule has 0 radical (unpaired) electrons. The number of aryl methyl sites for hydroxylation is 1. The van der Waals surface area contributed by atoms with Crippen LogP contribution in [0, 0.1) is 6.92 Å². The van der Waals surface area contributed by atoms with Gasteiger partial charge in [-0.3, -0.25) is 0 Å². The number of hydrogen-bond acceptors (Lipinski definition) is 5. The van der Waals surface area contributed by atoms with Crippen molar-refractivity contribution in [2.45, 2.75) is 6.92 Å². The van der Waals surface area contributed by atoms with Crippen LogP contribution < -0.4 is 9.47 Å². The van der Waals surface area contributed by atoms with Crippen LogP contribution in [0.15, 0.2) is 23.3 Å². The molecule has 1 amide bonds. The maximum atomic E-state index is 11.3. The Labute approximate surface area is 110 Å². The molecule has 3 rings (SSSR count). The van der Waals surface area contributed by atoms with Gasteiger partial charge in [-0.05, 0) is 24.6 Å². The summed E-state index contributed by atoms with van der Waals surface area (Å²) in [5.74, 6) is 1.40. The average molecular weight is 262 g/mol. The summed E-state index contributed by atoms with van der Waals surface area (Å²) < 4.78 is 16.1. The van der Waals surface area contributed by atoms with Gasteiger partial charge in [0.15, 0.2) is 11.5 Å². The number of hydrazone groups is 1. The fourth-order valence-corrected chi connectivity index (χ4v) is 1.92. The van der Waals surface area contributed by atoms with Crippen LogP contribution >= 0.6 is 0 Å².